The molecule has 2 N–H and O–H groups in total. The molecule has 1 aromatic heterocycles. The molecule has 8 nitrogen and oxygen atoms in total. The average molecular weight is 484 g/mol. The number of aromatic nitrogens is 1. The lowest BCUT2D eigenvalue weighted by atomic mass is 9.68. The number of hydrogen-bond donors (Lipinski definition) is 1. The first-order chi connectivity index (χ1) is 17.4. The highest BCUT2D eigenvalue weighted by molar-refractivity contribution is 6.18. The monoisotopic (exact) mass is 483 g/mol. The second kappa shape index (κ2) is 7.84. The topological polar surface area (TPSA) is 104 Å². The van der Waals surface area contributed by atoms with Crippen LogP contribution < -0.4 is 20.9 Å². The fourth-order valence-electron chi connectivity index (χ4n) is 5.62. The molecule has 0 radical (unpaired) electrons. The van der Waals surface area contributed by atoms with Gasteiger partial charge in [-0.25, -0.2) is 4.79 Å². The first kappa shape index (κ1) is 22.2. The van der Waals surface area contributed by atoms with E-state index in [0.717, 1.165) is 18.4 Å². The van der Waals surface area contributed by atoms with Crippen LogP contribution >= 0.6 is 0 Å². The van der Waals surface area contributed by atoms with E-state index in [1.807, 2.05) is 49.4 Å². The van der Waals surface area contributed by atoms with Crippen molar-refractivity contribution in [3.05, 3.63) is 105 Å². The van der Waals surface area contributed by atoms with Gasteiger partial charge in [-0.05, 0) is 31.4 Å². The number of ether oxygens (including phenoxy) is 2. The number of carbonyl (C=O) groups is 2. The second-order valence-corrected chi connectivity index (χ2v) is 9.41. The van der Waals surface area contributed by atoms with Gasteiger partial charge in [0.25, 0.3) is 5.56 Å². The first-order valence-corrected chi connectivity index (χ1v) is 11.9. The maximum atomic E-state index is 14.6. The van der Waals surface area contributed by atoms with E-state index in [-0.39, 0.29) is 40.9 Å². The second-order valence-electron chi connectivity index (χ2n) is 9.41. The maximum absolute atomic E-state index is 14.6. The minimum atomic E-state index is -1.79. The molecule has 3 aromatic rings. The summed E-state index contributed by atoms with van der Waals surface area (Å²) in [6, 6.07) is 18.5. The summed E-state index contributed by atoms with van der Waals surface area (Å²) in [5, 5.41) is 0. The molecule has 0 saturated heterocycles. The van der Waals surface area contributed by atoms with Gasteiger partial charge < -0.3 is 24.7 Å². The number of carbonyl (C=O) groups excluding carboxylic acids is 2. The number of fused-ring (bicyclic) bond motifs is 4. The van der Waals surface area contributed by atoms with Crippen molar-refractivity contribution in [3.8, 4) is 5.75 Å². The number of esters is 1. The van der Waals surface area contributed by atoms with Crippen molar-refractivity contribution in [1.82, 2.24) is 4.57 Å². The van der Waals surface area contributed by atoms with Crippen molar-refractivity contribution < 1.29 is 19.1 Å². The number of amides is 1. The van der Waals surface area contributed by atoms with Crippen LogP contribution in [0.3, 0.4) is 0 Å². The summed E-state index contributed by atoms with van der Waals surface area (Å²) in [6.45, 7) is 2.09. The quantitative estimate of drug-likeness (QED) is 0.572. The molecule has 2 aromatic carbocycles. The lowest BCUT2D eigenvalue weighted by Gasteiger charge is -2.36. The summed E-state index contributed by atoms with van der Waals surface area (Å²) < 4.78 is 12.7. The number of pyridine rings is 1. The number of hydrogen-bond acceptors (Lipinski definition) is 6. The summed E-state index contributed by atoms with van der Waals surface area (Å²) >= 11 is 0. The van der Waals surface area contributed by atoms with Crippen LogP contribution in [0.15, 0.2) is 76.9 Å². The third kappa shape index (κ3) is 2.90. The average Bonchev–Trinajstić information content (AvgIpc) is 3.68. The largest absolute Gasteiger partial charge is 0.465 e. The molecule has 1 saturated carbocycles. The van der Waals surface area contributed by atoms with Crippen molar-refractivity contribution >= 4 is 17.6 Å². The van der Waals surface area contributed by atoms with Gasteiger partial charge in [-0.15, -0.1) is 0 Å². The van der Waals surface area contributed by atoms with E-state index in [4.69, 9.17) is 15.2 Å². The Balaban J connectivity index is 1.69. The van der Waals surface area contributed by atoms with Crippen LogP contribution in [0.5, 0.6) is 5.75 Å². The van der Waals surface area contributed by atoms with Gasteiger partial charge in [0.15, 0.2) is 0 Å². The highest BCUT2D eigenvalue weighted by Gasteiger charge is 2.62. The molecule has 0 bridgehead atoms. The molecule has 1 atom stereocenters. The molecule has 3 aliphatic rings. The van der Waals surface area contributed by atoms with Gasteiger partial charge in [0.1, 0.15) is 16.7 Å². The van der Waals surface area contributed by atoms with Crippen molar-refractivity contribution in [1.29, 1.82) is 0 Å². The predicted molar refractivity (Wildman–Crippen MR) is 132 cm³/mol. The third-order valence-electron chi connectivity index (χ3n) is 7.27. The van der Waals surface area contributed by atoms with Crippen molar-refractivity contribution in [2.75, 3.05) is 12.0 Å². The van der Waals surface area contributed by atoms with E-state index in [1.54, 1.807) is 27.7 Å². The molecular weight excluding hydrogens is 458 g/mol. The van der Waals surface area contributed by atoms with E-state index in [9.17, 15) is 14.4 Å². The van der Waals surface area contributed by atoms with Gasteiger partial charge in [0, 0.05) is 29.1 Å². The van der Waals surface area contributed by atoms with E-state index in [0.29, 0.717) is 16.9 Å². The lowest BCUT2D eigenvalue weighted by Crippen LogP contribution is -2.52. The Bertz CT molecular complexity index is 1520. The van der Waals surface area contributed by atoms with Gasteiger partial charge >= 0.3 is 5.97 Å². The summed E-state index contributed by atoms with van der Waals surface area (Å²) in [6.07, 6.45) is 1.75. The lowest BCUT2D eigenvalue weighted by molar-refractivity contribution is -0.138. The van der Waals surface area contributed by atoms with Gasteiger partial charge in [0.05, 0.1) is 19.2 Å². The summed E-state index contributed by atoms with van der Waals surface area (Å²) in [7, 11) is 1.22. The van der Waals surface area contributed by atoms with Gasteiger partial charge in [-0.1, -0.05) is 48.5 Å². The Morgan fingerprint density at radius 2 is 1.81 bits per heavy atom. The van der Waals surface area contributed by atoms with Crippen molar-refractivity contribution in [2.45, 2.75) is 37.8 Å². The number of nitrogens with two attached hydrogens (primary N) is 1. The molecular formula is C28H25N3O5. The Hall–Kier alpha value is -4.33. The van der Waals surface area contributed by atoms with E-state index in [1.165, 1.54) is 7.11 Å². The Morgan fingerprint density at radius 3 is 2.50 bits per heavy atom. The molecule has 8 heteroatoms. The Morgan fingerprint density at radius 1 is 1.11 bits per heavy atom. The molecule has 1 unspecified atom stereocenters. The Labute approximate surface area is 207 Å². The number of nitrogens with zero attached hydrogens (tertiary/aromatic N) is 2. The number of rotatable bonds is 4. The molecule has 1 fully saturated rings. The summed E-state index contributed by atoms with van der Waals surface area (Å²) in [5.74, 6) is -1.32. The van der Waals surface area contributed by atoms with Gasteiger partial charge in [-0.2, -0.15) is 0 Å². The smallest absolute Gasteiger partial charge is 0.340 e. The fourth-order valence-corrected chi connectivity index (χ4v) is 5.62. The van der Waals surface area contributed by atoms with Crippen LogP contribution in [-0.4, -0.2) is 23.6 Å². The van der Waals surface area contributed by atoms with E-state index in [2.05, 4.69) is 0 Å². The summed E-state index contributed by atoms with van der Waals surface area (Å²) in [4.78, 5) is 43.7. The fraction of sp³-hybridized carbons (Fsp3) is 0.250. The minimum Gasteiger partial charge on any atom is -0.465 e. The normalized spacial score (nSPS) is 20.3. The molecule has 1 aliphatic carbocycles. The molecule has 36 heavy (non-hydrogen) atoms. The third-order valence-corrected chi connectivity index (χ3v) is 7.27. The summed E-state index contributed by atoms with van der Waals surface area (Å²) in [5.41, 5.74) is 6.83. The van der Waals surface area contributed by atoms with Crippen molar-refractivity contribution in [3.63, 3.8) is 0 Å². The van der Waals surface area contributed by atoms with Crippen LogP contribution in [-0.2, 0) is 26.3 Å². The van der Waals surface area contributed by atoms with Gasteiger partial charge in [-0.3, -0.25) is 9.59 Å². The number of methoxy groups -OCH3 is 1. The maximum Gasteiger partial charge on any atom is 0.340 e. The van der Waals surface area contributed by atoms with Crippen LogP contribution in [0.2, 0.25) is 0 Å². The molecule has 1 spiro atoms. The Kier molecular flexibility index (Phi) is 4.83. The molecule has 3 heterocycles. The standard InChI is InChI=1S/C28H25N3O5/c1-16-14-21-22(25(32)31(16)18-12-13-18)28(23(24(29)36-21)26(33)35-2)19-10-6-7-11-20(19)30(27(28)34)15-17-8-4-3-5-9-17/h3-11,14,18H,12-13,15,29H2,1-2H3. The number of para-hydroxylation sites is 1. The van der Waals surface area contributed by atoms with Crippen LogP contribution in [0.1, 0.15) is 41.3 Å². The minimum absolute atomic E-state index is 0.0526. The van der Waals surface area contributed by atoms with Crippen LogP contribution in [0.25, 0.3) is 0 Å². The molecule has 2 aliphatic heterocycles. The highest BCUT2D eigenvalue weighted by Crippen LogP contribution is 2.55. The van der Waals surface area contributed by atoms with Crippen LogP contribution in [0.4, 0.5) is 5.69 Å². The zero-order valence-electron chi connectivity index (χ0n) is 20.0. The van der Waals surface area contributed by atoms with Crippen LogP contribution in [0, 0.1) is 6.92 Å². The van der Waals surface area contributed by atoms with E-state index >= 15 is 0 Å². The number of benzene rings is 2. The SMILES string of the molecule is COC(=O)C1=C(N)Oc2cc(C)n(C3CC3)c(=O)c2C12C(=O)N(Cc1ccccc1)c1ccccc12. The molecule has 182 valence electrons. The first-order valence-electron chi connectivity index (χ1n) is 11.9. The molecule has 6 rings (SSSR count). The number of anilines is 1. The number of aryl methyl sites for hydroxylation is 1. The van der Waals surface area contributed by atoms with E-state index < -0.39 is 17.3 Å². The van der Waals surface area contributed by atoms with Gasteiger partial charge in [0.2, 0.25) is 11.8 Å². The van der Waals surface area contributed by atoms with Crippen molar-refractivity contribution in [2.24, 2.45) is 5.73 Å². The molecule has 1 amide bonds. The highest BCUT2D eigenvalue weighted by atomic mass is 16.5. The zero-order chi connectivity index (χ0) is 25.2. The zero-order valence-corrected chi connectivity index (χ0v) is 20.0. The predicted octanol–water partition coefficient (Wildman–Crippen LogP) is 3.06.